The van der Waals surface area contributed by atoms with Crippen LogP contribution in [-0.2, 0) is 0 Å². The van der Waals surface area contributed by atoms with Crippen LogP contribution in [0.4, 0.5) is 5.69 Å². The quantitative estimate of drug-likeness (QED) is 0.400. The standard InChI is InChI=1S/C24H20ClN3O2S/c25-17-6-8-19(9-7-17)30-21-15-26-16-23-20(21)14-22(31-23)24(29)28-12-10-27(11-13-28)18-4-2-1-3-5-18/h1-9,14-16H,10-13H2. The van der Waals surface area contributed by atoms with Crippen molar-refractivity contribution in [2.75, 3.05) is 31.1 Å². The number of benzene rings is 2. The predicted octanol–water partition coefficient (Wildman–Crippen LogP) is 5.70. The molecule has 3 heterocycles. The summed E-state index contributed by atoms with van der Waals surface area (Å²) in [6.45, 7) is 3.06. The van der Waals surface area contributed by atoms with E-state index in [0.717, 1.165) is 23.2 Å². The normalized spacial score (nSPS) is 14.1. The smallest absolute Gasteiger partial charge is 0.264 e. The first kappa shape index (κ1) is 19.8. The molecule has 0 unspecified atom stereocenters. The zero-order chi connectivity index (χ0) is 21.2. The molecule has 1 saturated heterocycles. The minimum absolute atomic E-state index is 0.0614. The van der Waals surface area contributed by atoms with E-state index >= 15 is 0 Å². The summed E-state index contributed by atoms with van der Waals surface area (Å²) in [5, 5.41) is 1.54. The Morgan fingerprint density at radius 2 is 1.71 bits per heavy atom. The highest BCUT2D eigenvalue weighted by atomic mass is 35.5. The van der Waals surface area contributed by atoms with Gasteiger partial charge in [0.2, 0.25) is 0 Å². The number of carbonyl (C=O) groups is 1. The number of fused-ring (bicyclic) bond motifs is 1. The maximum Gasteiger partial charge on any atom is 0.264 e. The Morgan fingerprint density at radius 3 is 2.45 bits per heavy atom. The Morgan fingerprint density at radius 1 is 0.968 bits per heavy atom. The topological polar surface area (TPSA) is 45.7 Å². The number of amides is 1. The summed E-state index contributed by atoms with van der Waals surface area (Å²) in [4.78, 5) is 22.4. The molecule has 31 heavy (non-hydrogen) atoms. The molecule has 0 atom stereocenters. The molecule has 2 aromatic heterocycles. The molecule has 156 valence electrons. The van der Waals surface area contributed by atoms with Gasteiger partial charge in [-0.15, -0.1) is 11.3 Å². The molecule has 1 fully saturated rings. The third kappa shape index (κ3) is 4.22. The average Bonchev–Trinajstić information content (AvgIpc) is 3.26. The van der Waals surface area contributed by atoms with E-state index in [1.807, 2.05) is 41.3 Å². The van der Waals surface area contributed by atoms with Crippen molar-refractivity contribution in [3.63, 3.8) is 0 Å². The number of ether oxygens (including phenoxy) is 1. The van der Waals surface area contributed by atoms with Crippen LogP contribution in [0, 0.1) is 0 Å². The first-order chi connectivity index (χ1) is 15.2. The van der Waals surface area contributed by atoms with Crippen LogP contribution >= 0.6 is 22.9 Å². The number of aromatic nitrogens is 1. The molecule has 1 amide bonds. The molecular formula is C24H20ClN3O2S. The van der Waals surface area contributed by atoms with Crippen LogP contribution in [0.1, 0.15) is 9.67 Å². The van der Waals surface area contributed by atoms with E-state index in [4.69, 9.17) is 16.3 Å². The molecule has 2 aromatic carbocycles. The largest absolute Gasteiger partial charge is 0.455 e. The lowest BCUT2D eigenvalue weighted by molar-refractivity contribution is 0.0752. The summed E-state index contributed by atoms with van der Waals surface area (Å²) in [6.07, 6.45) is 3.45. The molecule has 4 aromatic rings. The Hall–Kier alpha value is -3.09. The Balaban J connectivity index is 1.32. The second kappa shape index (κ2) is 8.57. The second-order valence-electron chi connectivity index (χ2n) is 7.33. The van der Waals surface area contributed by atoms with Gasteiger partial charge < -0.3 is 14.5 Å². The Labute approximate surface area is 189 Å². The molecule has 1 aliphatic heterocycles. The SMILES string of the molecule is O=C(c1cc2c(Oc3ccc(Cl)cc3)cncc2s1)N1CCN(c2ccccc2)CC1. The molecule has 0 spiro atoms. The molecule has 0 N–H and O–H groups in total. The van der Waals surface area contributed by atoms with E-state index in [1.165, 1.54) is 17.0 Å². The van der Waals surface area contributed by atoms with Gasteiger partial charge in [-0.25, -0.2) is 0 Å². The van der Waals surface area contributed by atoms with Crippen molar-refractivity contribution in [3.8, 4) is 11.5 Å². The van der Waals surface area contributed by atoms with Crippen molar-refractivity contribution < 1.29 is 9.53 Å². The lowest BCUT2D eigenvalue weighted by Crippen LogP contribution is -2.48. The maximum absolute atomic E-state index is 13.2. The number of hydrogen-bond acceptors (Lipinski definition) is 5. The number of pyridine rings is 1. The summed E-state index contributed by atoms with van der Waals surface area (Å²) < 4.78 is 6.93. The van der Waals surface area contributed by atoms with E-state index in [9.17, 15) is 4.79 Å². The van der Waals surface area contributed by atoms with Crippen LogP contribution in [-0.4, -0.2) is 42.0 Å². The molecule has 5 nitrogen and oxygen atoms in total. The zero-order valence-corrected chi connectivity index (χ0v) is 18.3. The van der Waals surface area contributed by atoms with Crippen molar-refractivity contribution in [3.05, 3.63) is 83.0 Å². The zero-order valence-electron chi connectivity index (χ0n) is 16.7. The third-order valence-corrected chi connectivity index (χ3v) is 6.66. The summed E-state index contributed by atoms with van der Waals surface area (Å²) in [5.74, 6) is 1.37. The van der Waals surface area contributed by atoms with Gasteiger partial charge in [-0.05, 0) is 42.5 Å². The number of rotatable bonds is 4. The van der Waals surface area contributed by atoms with Gasteiger partial charge >= 0.3 is 0 Å². The third-order valence-electron chi connectivity index (χ3n) is 5.35. The van der Waals surface area contributed by atoms with E-state index < -0.39 is 0 Å². The highest BCUT2D eigenvalue weighted by molar-refractivity contribution is 7.20. The second-order valence-corrected chi connectivity index (χ2v) is 8.85. The fourth-order valence-electron chi connectivity index (χ4n) is 3.71. The van der Waals surface area contributed by atoms with E-state index in [1.54, 1.807) is 24.5 Å². The van der Waals surface area contributed by atoms with Gasteiger partial charge in [0, 0.05) is 48.5 Å². The predicted molar refractivity (Wildman–Crippen MR) is 126 cm³/mol. The van der Waals surface area contributed by atoms with Crippen molar-refractivity contribution >= 4 is 44.6 Å². The summed E-state index contributed by atoms with van der Waals surface area (Å²) in [6, 6.07) is 19.4. The maximum atomic E-state index is 13.2. The van der Waals surface area contributed by atoms with E-state index in [-0.39, 0.29) is 5.91 Å². The number of thiophene rings is 1. The molecule has 7 heteroatoms. The Kier molecular flexibility index (Phi) is 5.49. The van der Waals surface area contributed by atoms with E-state index in [2.05, 4.69) is 22.0 Å². The minimum atomic E-state index is 0.0614. The molecule has 0 saturated carbocycles. The number of hydrogen-bond donors (Lipinski definition) is 0. The van der Waals surface area contributed by atoms with Gasteiger partial charge in [0.1, 0.15) is 5.75 Å². The van der Waals surface area contributed by atoms with Gasteiger partial charge in [-0.3, -0.25) is 9.78 Å². The van der Waals surface area contributed by atoms with Gasteiger partial charge in [-0.2, -0.15) is 0 Å². The van der Waals surface area contributed by atoms with Crippen LogP contribution in [0.2, 0.25) is 5.02 Å². The van der Waals surface area contributed by atoms with E-state index in [0.29, 0.717) is 34.5 Å². The monoisotopic (exact) mass is 449 g/mol. The lowest BCUT2D eigenvalue weighted by Gasteiger charge is -2.35. The van der Waals surface area contributed by atoms with Crippen LogP contribution in [0.3, 0.4) is 0 Å². The highest BCUT2D eigenvalue weighted by Crippen LogP contribution is 2.35. The molecule has 0 aliphatic carbocycles. The van der Waals surface area contributed by atoms with Crippen molar-refractivity contribution in [1.82, 2.24) is 9.88 Å². The van der Waals surface area contributed by atoms with Gasteiger partial charge in [0.15, 0.2) is 5.75 Å². The molecule has 5 rings (SSSR count). The average molecular weight is 450 g/mol. The van der Waals surface area contributed by atoms with Crippen molar-refractivity contribution in [1.29, 1.82) is 0 Å². The molecule has 0 radical (unpaired) electrons. The molecule has 0 bridgehead atoms. The summed E-state index contributed by atoms with van der Waals surface area (Å²) >= 11 is 7.41. The van der Waals surface area contributed by atoms with Gasteiger partial charge in [0.25, 0.3) is 5.91 Å². The number of carbonyl (C=O) groups excluding carboxylic acids is 1. The number of anilines is 1. The van der Waals surface area contributed by atoms with Crippen LogP contribution in [0.5, 0.6) is 11.5 Å². The first-order valence-corrected chi connectivity index (χ1v) is 11.3. The molecule has 1 aliphatic rings. The van der Waals surface area contributed by atoms with Gasteiger partial charge in [-0.1, -0.05) is 29.8 Å². The van der Waals surface area contributed by atoms with Crippen molar-refractivity contribution in [2.24, 2.45) is 0 Å². The lowest BCUT2D eigenvalue weighted by atomic mass is 10.2. The fourth-order valence-corrected chi connectivity index (χ4v) is 4.85. The van der Waals surface area contributed by atoms with Crippen molar-refractivity contribution in [2.45, 2.75) is 0 Å². The number of nitrogens with zero attached hydrogens (tertiary/aromatic N) is 3. The first-order valence-electron chi connectivity index (χ1n) is 10.1. The number of piperazine rings is 1. The summed E-state index contributed by atoms with van der Waals surface area (Å²) in [5.41, 5.74) is 1.20. The van der Waals surface area contributed by atoms with Crippen LogP contribution in [0.15, 0.2) is 73.1 Å². The summed E-state index contributed by atoms with van der Waals surface area (Å²) in [7, 11) is 0. The Bertz CT molecular complexity index is 1200. The molecular weight excluding hydrogens is 430 g/mol. The number of halogens is 1. The van der Waals surface area contributed by atoms with Crippen LogP contribution < -0.4 is 9.64 Å². The highest BCUT2D eigenvalue weighted by Gasteiger charge is 2.24. The minimum Gasteiger partial charge on any atom is -0.455 e. The number of para-hydroxylation sites is 1. The van der Waals surface area contributed by atoms with Crippen LogP contribution in [0.25, 0.3) is 10.1 Å². The van der Waals surface area contributed by atoms with Gasteiger partial charge in [0.05, 0.1) is 15.8 Å². The fraction of sp³-hybridized carbons (Fsp3) is 0.167.